The fourth-order valence-electron chi connectivity index (χ4n) is 3.11. The quantitative estimate of drug-likeness (QED) is 0.859. The van der Waals surface area contributed by atoms with Crippen molar-refractivity contribution in [3.8, 4) is 0 Å². The van der Waals surface area contributed by atoms with Crippen molar-refractivity contribution in [2.45, 2.75) is 32.2 Å². The third kappa shape index (κ3) is 3.12. The van der Waals surface area contributed by atoms with Gasteiger partial charge in [0.05, 0.1) is 0 Å². The summed E-state index contributed by atoms with van der Waals surface area (Å²) in [6, 6.07) is 9.81. The number of hydrogen-bond donors (Lipinski definition) is 1. The van der Waals surface area contributed by atoms with Crippen LogP contribution in [-0.4, -0.2) is 32.1 Å². The average Bonchev–Trinajstić information content (AvgIpc) is 2.85. The van der Waals surface area contributed by atoms with Gasteiger partial charge in [0.2, 0.25) is 0 Å². The normalized spacial score (nSPS) is 21.4. The van der Waals surface area contributed by atoms with Crippen LogP contribution in [0.5, 0.6) is 0 Å². The van der Waals surface area contributed by atoms with E-state index < -0.39 is 0 Å². The summed E-state index contributed by atoms with van der Waals surface area (Å²) in [6.45, 7) is 4.56. The van der Waals surface area contributed by atoms with Crippen molar-refractivity contribution >= 4 is 0 Å². The number of rotatable bonds is 5. The molecule has 1 heterocycles. The molecule has 2 atom stereocenters. The number of nitrogens with zero attached hydrogens (tertiary/aromatic N) is 1. The Balaban J connectivity index is 2.14. The number of benzene rings is 1. The van der Waals surface area contributed by atoms with E-state index in [4.69, 9.17) is 0 Å². The third-order valence-corrected chi connectivity index (χ3v) is 3.96. The Bertz CT molecular complexity index is 350. The number of nitrogens with one attached hydrogen (secondary N) is 1. The molecule has 1 saturated heterocycles. The first-order valence-electron chi connectivity index (χ1n) is 7.18. The second-order valence-corrected chi connectivity index (χ2v) is 5.65. The van der Waals surface area contributed by atoms with E-state index >= 15 is 0 Å². The Labute approximate surface area is 111 Å². The third-order valence-electron chi connectivity index (χ3n) is 3.96. The van der Waals surface area contributed by atoms with Crippen LogP contribution in [0.1, 0.15) is 36.9 Å². The predicted octanol–water partition coefficient (Wildman–Crippen LogP) is 2.85. The van der Waals surface area contributed by atoms with Crippen LogP contribution >= 0.6 is 0 Å². The van der Waals surface area contributed by atoms with Crippen LogP contribution < -0.4 is 5.32 Å². The molecule has 0 aromatic heterocycles. The molecule has 1 N–H and O–H groups in total. The molecule has 1 aromatic carbocycles. The Morgan fingerprint density at radius 2 is 2.00 bits per heavy atom. The lowest BCUT2D eigenvalue weighted by Gasteiger charge is -2.30. The molecule has 1 fully saturated rings. The van der Waals surface area contributed by atoms with Gasteiger partial charge in [-0.1, -0.05) is 37.6 Å². The zero-order chi connectivity index (χ0) is 13.0. The summed E-state index contributed by atoms with van der Waals surface area (Å²) in [7, 11) is 4.39. The van der Waals surface area contributed by atoms with Gasteiger partial charge >= 0.3 is 0 Å². The minimum Gasteiger partial charge on any atom is -0.316 e. The molecule has 0 amide bonds. The van der Waals surface area contributed by atoms with E-state index in [1.165, 1.54) is 36.9 Å². The predicted molar refractivity (Wildman–Crippen MR) is 77.8 cm³/mol. The van der Waals surface area contributed by atoms with Gasteiger partial charge in [-0.25, -0.2) is 0 Å². The molecule has 2 rings (SSSR count). The molecule has 1 aliphatic rings. The highest BCUT2D eigenvalue weighted by atomic mass is 15.1. The van der Waals surface area contributed by atoms with Crippen molar-refractivity contribution in [3.05, 3.63) is 35.4 Å². The van der Waals surface area contributed by atoms with Crippen molar-refractivity contribution in [1.82, 2.24) is 10.2 Å². The molecular formula is C16H26N2. The molecule has 0 aliphatic carbocycles. The standard InChI is InChI=1S/C16H26N2/c1-4-5-13-6-8-14(9-7-13)16(18(2)3)15-10-11-17-12-15/h6-9,15-17H,4-5,10-12H2,1-3H3. The number of hydrogen-bond acceptors (Lipinski definition) is 2. The van der Waals surface area contributed by atoms with Gasteiger partial charge in [0.15, 0.2) is 0 Å². The van der Waals surface area contributed by atoms with Crippen molar-refractivity contribution in [1.29, 1.82) is 0 Å². The van der Waals surface area contributed by atoms with E-state index in [2.05, 4.69) is 55.5 Å². The van der Waals surface area contributed by atoms with Gasteiger partial charge < -0.3 is 10.2 Å². The van der Waals surface area contributed by atoms with Crippen molar-refractivity contribution in [2.75, 3.05) is 27.2 Å². The van der Waals surface area contributed by atoms with Gasteiger partial charge in [0, 0.05) is 6.04 Å². The van der Waals surface area contributed by atoms with Gasteiger partial charge in [-0.05, 0) is 57.1 Å². The molecule has 2 unspecified atom stereocenters. The summed E-state index contributed by atoms with van der Waals surface area (Å²) < 4.78 is 0. The molecule has 0 spiro atoms. The largest absolute Gasteiger partial charge is 0.316 e. The number of aryl methyl sites for hydroxylation is 1. The monoisotopic (exact) mass is 246 g/mol. The summed E-state index contributed by atoms with van der Waals surface area (Å²) in [5.41, 5.74) is 2.93. The highest BCUT2D eigenvalue weighted by Gasteiger charge is 2.27. The van der Waals surface area contributed by atoms with E-state index in [-0.39, 0.29) is 0 Å². The molecule has 2 heteroatoms. The lowest BCUT2D eigenvalue weighted by atomic mass is 9.90. The van der Waals surface area contributed by atoms with Crippen molar-refractivity contribution < 1.29 is 0 Å². The molecule has 1 aromatic rings. The highest BCUT2D eigenvalue weighted by Crippen LogP contribution is 2.30. The SMILES string of the molecule is CCCc1ccc(C(C2CCNC2)N(C)C)cc1. The molecule has 18 heavy (non-hydrogen) atoms. The van der Waals surface area contributed by atoms with Crippen LogP contribution in [-0.2, 0) is 6.42 Å². The first-order chi connectivity index (χ1) is 8.72. The maximum atomic E-state index is 3.48. The van der Waals surface area contributed by atoms with Gasteiger partial charge in [0.25, 0.3) is 0 Å². The van der Waals surface area contributed by atoms with E-state index in [1.807, 2.05) is 0 Å². The molecule has 100 valence electrons. The second-order valence-electron chi connectivity index (χ2n) is 5.65. The molecule has 0 radical (unpaired) electrons. The van der Waals surface area contributed by atoms with Crippen LogP contribution in [0.25, 0.3) is 0 Å². The lowest BCUT2D eigenvalue weighted by Crippen LogP contribution is -2.28. The Hall–Kier alpha value is -0.860. The highest BCUT2D eigenvalue weighted by molar-refractivity contribution is 5.26. The molecule has 1 aliphatic heterocycles. The topological polar surface area (TPSA) is 15.3 Å². The molecule has 0 bridgehead atoms. The van der Waals surface area contributed by atoms with Gasteiger partial charge in [-0.2, -0.15) is 0 Å². The minimum atomic E-state index is 0.552. The van der Waals surface area contributed by atoms with Gasteiger partial charge in [-0.15, -0.1) is 0 Å². The first-order valence-corrected chi connectivity index (χ1v) is 7.18. The van der Waals surface area contributed by atoms with E-state index in [1.54, 1.807) is 0 Å². The van der Waals surface area contributed by atoms with Crippen LogP contribution in [0.4, 0.5) is 0 Å². The maximum Gasteiger partial charge on any atom is 0.0382 e. The molecule has 2 nitrogen and oxygen atoms in total. The Morgan fingerprint density at radius 3 is 2.50 bits per heavy atom. The second kappa shape index (κ2) is 6.35. The van der Waals surface area contributed by atoms with E-state index in [9.17, 15) is 0 Å². The van der Waals surface area contributed by atoms with Crippen molar-refractivity contribution in [3.63, 3.8) is 0 Å². The minimum absolute atomic E-state index is 0.552. The summed E-state index contributed by atoms with van der Waals surface area (Å²) in [4.78, 5) is 2.37. The van der Waals surface area contributed by atoms with Gasteiger partial charge in [0.1, 0.15) is 0 Å². The zero-order valence-electron chi connectivity index (χ0n) is 11.9. The van der Waals surface area contributed by atoms with Crippen molar-refractivity contribution in [2.24, 2.45) is 5.92 Å². The smallest absolute Gasteiger partial charge is 0.0382 e. The summed E-state index contributed by atoms with van der Waals surface area (Å²) in [5.74, 6) is 0.747. The summed E-state index contributed by atoms with van der Waals surface area (Å²) in [6.07, 6.45) is 3.71. The maximum absolute atomic E-state index is 3.48. The zero-order valence-corrected chi connectivity index (χ0v) is 11.9. The molecular weight excluding hydrogens is 220 g/mol. The summed E-state index contributed by atoms with van der Waals surface area (Å²) in [5, 5.41) is 3.48. The van der Waals surface area contributed by atoms with E-state index in [0.29, 0.717) is 6.04 Å². The first kappa shape index (κ1) is 13.6. The fraction of sp³-hybridized carbons (Fsp3) is 0.625. The summed E-state index contributed by atoms with van der Waals surface area (Å²) >= 11 is 0. The van der Waals surface area contributed by atoms with Crippen LogP contribution in [0.3, 0.4) is 0 Å². The van der Waals surface area contributed by atoms with Crippen LogP contribution in [0.2, 0.25) is 0 Å². The Kier molecular flexibility index (Phi) is 4.79. The van der Waals surface area contributed by atoms with E-state index in [0.717, 1.165) is 12.5 Å². The lowest BCUT2D eigenvalue weighted by molar-refractivity contribution is 0.223. The average molecular weight is 246 g/mol. The fourth-order valence-corrected chi connectivity index (χ4v) is 3.11. The van der Waals surface area contributed by atoms with Crippen LogP contribution in [0, 0.1) is 5.92 Å². The molecule has 0 saturated carbocycles. The van der Waals surface area contributed by atoms with Gasteiger partial charge in [-0.3, -0.25) is 0 Å². The Morgan fingerprint density at radius 1 is 1.28 bits per heavy atom. The van der Waals surface area contributed by atoms with Crippen LogP contribution in [0.15, 0.2) is 24.3 Å².